The maximum absolute atomic E-state index is 12.6. The lowest BCUT2D eigenvalue weighted by molar-refractivity contribution is 0.598. The first-order chi connectivity index (χ1) is 11.7. The lowest BCUT2D eigenvalue weighted by atomic mass is 10.1. The number of anilines is 2. The van der Waals surface area contributed by atoms with Gasteiger partial charge in [-0.25, -0.2) is 16.8 Å². The van der Waals surface area contributed by atoms with Crippen LogP contribution in [0.4, 0.5) is 11.4 Å². The van der Waals surface area contributed by atoms with E-state index < -0.39 is 20.0 Å². The highest BCUT2D eigenvalue weighted by Crippen LogP contribution is 2.27. The lowest BCUT2D eigenvalue weighted by Gasteiger charge is -2.18. The van der Waals surface area contributed by atoms with E-state index in [-0.39, 0.29) is 10.6 Å². The summed E-state index contributed by atoms with van der Waals surface area (Å²) in [6.45, 7) is 4.18. The highest BCUT2D eigenvalue weighted by atomic mass is 32.2. The van der Waals surface area contributed by atoms with Gasteiger partial charge in [-0.1, -0.05) is 12.1 Å². The van der Waals surface area contributed by atoms with Crippen LogP contribution in [-0.2, 0) is 20.0 Å². The SMILES string of the molecule is Cc1ccc(S(=O)(=O)Nc2cccc(N3CCCS3(=O)=O)c2)cc1C. The molecule has 0 atom stereocenters. The van der Waals surface area contributed by atoms with Gasteiger partial charge in [-0.05, 0) is 61.7 Å². The number of hydrogen-bond donors (Lipinski definition) is 1. The molecule has 6 nitrogen and oxygen atoms in total. The van der Waals surface area contributed by atoms with Gasteiger partial charge >= 0.3 is 0 Å². The number of nitrogens with one attached hydrogen (secondary N) is 1. The van der Waals surface area contributed by atoms with Crippen LogP contribution >= 0.6 is 0 Å². The summed E-state index contributed by atoms with van der Waals surface area (Å²) in [4.78, 5) is 0.176. The van der Waals surface area contributed by atoms with Gasteiger partial charge in [0.25, 0.3) is 10.0 Å². The number of rotatable bonds is 4. The molecule has 1 heterocycles. The molecule has 1 aliphatic heterocycles. The molecule has 0 bridgehead atoms. The van der Waals surface area contributed by atoms with Crippen molar-refractivity contribution in [3.05, 3.63) is 53.6 Å². The van der Waals surface area contributed by atoms with Gasteiger partial charge in [0.15, 0.2) is 0 Å². The normalized spacial score (nSPS) is 16.8. The fourth-order valence-corrected chi connectivity index (χ4v) is 5.44. The Kier molecular flexibility index (Phi) is 4.51. The second kappa shape index (κ2) is 6.34. The monoisotopic (exact) mass is 380 g/mol. The summed E-state index contributed by atoms with van der Waals surface area (Å²) < 4.78 is 53.1. The van der Waals surface area contributed by atoms with E-state index in [2.05, 4.69) is 4.72 Å². The van der Waals surface area contributed by atoms with Crippen molar-refractivity contribution in [2.24, 2.45) is 0 Å². The van der Waals surface area contributed by atoms with Crippen molar-refractivity contribution in [3.63, 3.8) is 0 Å². The summed E-state index contributed by atoms with van der Waals surface area (Å²) >= 11 is 0. The molecule has 1 N–H and O–H groups in total. The Morgan fingerprint density at radius 3 is 2.44 bits per heavy atom. The van der Waals surface area contributed by atoms with E-state index in [1.165, 1.54) is 4.31 Å². The van der Waals surface area contributed by atoms with E-state index in [9.17, 15) is 16.8 Å². The molecule has 0 unspecified atom stereocenters. The number of benzene rings is 2. The van der Waals surface area contributed by atoms with Gasteiger partial charge in [-0.3, -0.25) is 9.03 Å². The second-order valence-corrected chi connectivity index (χ2v) is 9.84. The fraction of sp³-hybridized carbons (Fsp3) is 0.294. The molecule has 8 heteroatoms. The molecule has 0 saturated carbocycles. The van der Waals surface area contributed by atoms with Crippen molar-refractivity contribution in [3.8, 4) is 0 Å². The van der Waals surface area contributed by atoms with Gasteiger partial charge in [0.1, 0.15) is 0 Å². The molecular formula is C17H20N2O4S2. The Hall–Kier alpha value is -2.06. The van der Waals surface area contributed by atoms with Crippen molar-refractivity contribution in [2.75, 3.05) is 21.3 Å². The molecule has 0 amide bonds. The molecule has 1 aliphatic rings. The van der Waals surface area contributed by atoms with E-state index in [0.717, 1.165) is 11.1 Å². The Bertz CT molecular complexity index is 1010. The quantitative estimate of drug-likeness (QED) is 0.884. The number of hydrogen-bond acceptors (Lipinski definition) is 4. The average molecular weight is 380 g/mol. The van der Waals surface area contributed by atoms with Crippen LogP contribution in [0.15, 0.2) is 47.4 Å². The molecular weight excluding hydrogens is 360 g/mol. The van der Waals surface area contributed by atoms with E-state index in [0.29, 0.717) is 24.3 Å². The molecule has 25 heavy (non-hydrogen) atoms. The largest absolute Gasteiger partial charge is 0.280 e. The average Bonchev–Trinajstić information content (AvgIpc) is 2.89. The summed E-state index contributed by atoms with van der Waals surface area (Å²) in [5, 5.41) is 0. The number of nitrogens with zero attached hydrogens (tertiary/aromatic N) is 1. The summed E-state index contributed by atoms with van der Waals surface area (Å²) in [7, 11) is -7.05. The molecule has 2 aromatic carbocycles. The predicted molar refractivity (Wildman–Crippen MR) is 98.9 cm³/mol. The van der Waals surface area contributed by atoms with Gasteiger partial charge in [-0.15, -0.1) is 0 Å². The van der Waals surface area contributed by atoms with Crippen molar-refractivity contribution < 1.29 is 16.8 Å². The van der Waals surface area contributed by atoms with E-state index in [1.807, 2.05) is 13.8 Å². The van der Waals surface area contributed by atoms with Crippen LogP contribution in [0.2, 0.25) is 0 Å². The molecule has 0 aromatic heterocycles. The van der Waals surface area contributed by atoms with Crippen molar-refractivity contribution in [1.82, 2.24) is 0 Å². The molecule has 0 radical (unpaired) electrons. The minimum absolute atomic E-state index is 0.117. The smallest absolute Gasteiger partial charge is 0.261 e. The van der Waals surface area contributed by atoms with Gasteiger partial charge in [0.05, 0.1) is 22.0 Å². The molecule has 134 valence electrons. The third-order valence-corrected chi connectivity index (χ3v) is 7.52. The van der Waals surface area contributed by atoms with E-state index >= 15 is 0 Å². The topological polar surface area (TPSA) is 83.6 Å². The zero-order valence-corrected chi connectivity index (χ0v) is 15.7. The first-order valence-corrected chi connectivity index (χ1v) is 11.0. The van der Waals surface area contributed by atoms with Crippen LogP contribution in [0, 0.1) is 13.8 Å². The molecule has 1 saturated heterocycles. The molecule has 1 fully saturated rings. The van der Waals surface area contributed by atoms with Gasteiger partial charge < -0.3 is 0 Å². The first-order valence-electron chi connectivity index (χ1n) is 7.90. The summed E-state index contributed by atoms with van der Waals surface area (Å²) in [6.07, 6.45) is 0.570. The standard InChI is InChI=1S/C17H20N2O4S2/c1-13-7-8-17(11-14(13)2)25(22,23)18-15-5-3-6-16(12-15)19-9-4-10-24(19,20)21/h3,5-8,11-12,18H,4,9-10H2,1-2H3. The number of aryl methyl sites for hydroxylation is 2. The number of sulfonamides is 2. The zero-order valence-electron chi connectivity index (χ0n) is 14.1. The molecule has 0 aliphatic carbocycles. The van der Waals surface area contributed by atoms with Gasteiger partial charge in [0.2, 0.25) is 10.0 Å². The Morgan fingerprint density at radius 2 is 1.80 bits per heavy atom. The third-order valence-electron chi connectivity index (χ3n) is 4.27. The second-order valence-electron chi connectivity index (χ2n) is 6.14. The fourth-order valence-electron chi connectivity index (χ4n) is 2.75. The molecule has 2 aromatic rings. The Balaban J connectivity index is 1.90. The van der Waals surface area contributed by atoms with Crippen LogP contribution in [0.1, 0.15) is 17.5 Å². The Morgan fingerprint density at radius 1 is 1.04 bits per heavy atom. The van der Waals surface area contributed by atoms with Crippen LogP contribution in [0.5, 0.6) is 0 Å². The van der Waals surface area contributed by atoms with Crippen molar-refractivity contribution in [2.45, 2.75) is 25.2 Å². The van der Waals surface area contributed by atoms with E-state index in [4.69, 9.17) is 0 Å². The first kappa shape index (κ1) is 17.8. The van der Waals surface area contributed by atoms with Crippen molar-refractivity contribution in [1.29, 1.82) is 0 Å². The summed E-state index contributed by atoms with van der Waals surface area (Å²) in [5.41, 5.74) is 2.70. The molecule has 0 spiro atoms. The van der Waals surface area contributed by atoms with Crippen LogP contribution in [0.3, 0.4) is 0 Å². The van der Waals surface area contributed by atoms with Crippen LogP contribution < -0.4 is 9.03 Å². The third kappa shape index (κ3) is 3.64. The minimum atomic E-state index is -3.74. The van der Waals surface area contributed by atoms with Gasteiger partial charge in [-0.2, -0.15) is 0 Å². The zero-order chi connectivity index (χ0) is 18.2. The van der Waals surface area contributed by atoms with E-state index in [1.54, 1.807) is 42.5 Å². The minimum Gasteiger partial charge on any atom is -0.280 e. The predicted octanol–water partition coefficient (Wildman–Crippen LogP) is 2.64. The van der Waals surface area contributed by atoms with Crippen LogP contribution in [0.25, 0.3) is 0 Å². The highest BCUT2D eigenvalue weighted by molar-refractivity contribution is 7.93. The van der Waals surface area contributed by atoms with Crippen molar-refractivity contribution >= 4 is 31.4 Å². The lowest BCUT2D eigenvalue weighted by Crippen LogP contribution is -2.25. The Labute approximate surface area is 148 Å². The summed E-state index contributed by atoms with van der Waals surface area (Å²) in [5.74, 6) is 0.117. The highest BCUT2D eigenvalue weighted by Gasteiger charge is 2.28. The van der Waals surface area contributed by atoms with Gasteiger partial charge in [0, 0.05) is 6.54 Å². The maximum Gasteiger partial charge on any atom is 0.261 e. The maximum atomic E-state index is 12.6. The molecule has 3 rings (SSSR count). The summed E-state index contributed by atoms with van der Waals surface area (Å²) in [6, 6.07) is 11.4. The van der Waals surface area contributed by atoms with Crippen LogP contribution in [-0.4, -0.2) is 29.1 Å².